The van der Waals surface area contributed by atoms with Gasteiger partial charge in [0.25, 0.3) is 0 Å². The second kappa shape index (κ2) is 3.92. The van der Waals surface area contributed by atoms with E-state index in [1.807, 2.05) is 0 Å². The fraction of sp³-hybridized carbons (Fsp3) is 0.400. The maximum absolute atomic E-state index is 13.0. The number of rotatable bonds is 3. The summed E-state index contributed by atoms with van der Waals surface area (Å²) in [4.78, 5) is 0. The molecule has 0 atom stereocenters. The first-order valence-corrected chi connectivity index (χ1v) is 4.33. The largest absolute Gasteiger partial charge is 0.490 e. The SMILES string of the molecule is Fc1[c]cc(F)c(OCC2COC2)c1. The zero-order chi connectivity index (χ0) is 9.97. The molecule has 0 N–H and O–H groups in total. The van der Waals surface area contributed by atoms with E-state index in [0.717, 1.165) is 12.1 Å². The van der Waals surface area contributed by atoms with Crippen LogP contribution in [-0.4, -0.2) is 19.8 Å². The molecule has 1 saturated heterocycles. The van der Waals surface area contributed by atoms with Crippen LogP contribution in [0.5, 0.6) is 5.75 Å². The Morgan fingerprint density at radius 1 is 1.50 bits per heavy atom. The fourth-order valence-corrected chi connectivity index (χ4v) is 1.13. The molecule has 0 spiro atoms. The quantitative estimate of drug-likeness (QED) is 0.738. The number of hydrogen-bond donors (Lipinski definition) is 0. The Kier molecular flexibility index (Phi) is 2.63. The first-order chi connectivity index (χ1) is 6.75. The maximum Gasteiger partial charge on any atom is 0.165 e. The molecule has 0 unspecified atom stereocenters. The molecule has 0 aliphatic carbocycles. The molecule has 0 aromatic heterocycles. The van der Waals surface area contributed by atoms with Crippen molar-refractivity contribution in [2.24, 2.45) is 5.92 Å². The monoisotopic (exact) mass is 199 g/mol. The van der Waals surface area contributed by atoms with Crippen LogP contribution >= 0.6 is 0 Å². The van der Waals surface area contributed by atoms with Crippen molar-refractivity contribution in [3.8, 4) is 5.75 Å². The maximum atomic E-state index is 13.0. The highest BCUT2D eigenvalue weighted by Crippen LogP contribution is 2.19. The zero-order valence-corrected chi connectivity index (χ0v) is 7.43. The molecule has 1 aromatic rings. The Morgan fingerprint density at radius 3 is 2.93 bits per heavy atom. The summed E-state index contributed by atoms with van der Waals surface area (Å²) >= 11 is 0. The Hall–Kier alpha value is -1.16. The molecule has 4 heteroatoms. The molecule has 0 saturated carbocycles. The molecule has 1 heterocycles. The molecule has 1 aromatic carbocycles. The minimum Gasteiger partial charge on any atom is -0.490 e. The van der Waals surface area contributed by atoms with Gasteiger partial charge < -0.3 is 9.47 Å². The van der Waals surface area contributed by atoms with Crippen molar-refractivity contribution in [3.05, 3.63) is 29.8 Å². The Labute approximate surface area is 80.4 Å². The number of benzene rings is 1. The van der Waals surface area contributed by atoms with Crippen LogP contribution < -0.4 is 4.74 Å². The highest BCUT2D eigenvalue weighted by atomic mass is 19.1. The normalized spacial score (nSPS) is 16.4. The molecule has 1 aliphatic heterocycles. The van der Waals surface area contributed by atoms with Crippen molar-refractivity contribution < 1.29 is 18.3 Å². The van der Waals surface area contributed by atoms with Crippen LogP contribution in [-0.2, 0) is 4.74 Å². The standard InChI is InChI=1S/C10H9F2O2/c11-8-1-2-9(12)10(3-8)14-6-7-4-13-5-7/h2-3,7H,4-6H2. The summed E-state index contributed by atoms with van der Waals surface area (Å²) in [5.74, 6) is -0.979. The highest BCUT2D eigenvalue weighted by molar-refractivity contribution is 5.24. The predicted molar refractivity (Wildman–Crippen MR) is 45.0 cm³/mol. The lowest BCUT2D eigenvalue weighted by molar-refractivity contribution is -0.0513. The van der Waals surface area contributed by atoms with Gasteiger partial charge in [-0.1, -0.05) is 0 Å². The summed E-state index contributed by atoms with van der Waals surface area (Å²) in [6.07, 6.45) is 0. The lowest BCUT2D eigenvalue weighted by atomic mass is 10.1. The molecule has 14 heavy (non-hydrogen) atoms. The molecular weight excluding hydrogens is 190 g/mol. The second-order valence-corrected chi connectivity index (χ2v) is 3.21. The lowest BCUT2D eigenvalue weighted by Gasteiger charge is -2.25. The summed E-state index contributed by atoms with van der Waals surface area (Å²) in [6.45, 7) is 1.62. The van der Waals surface area contributed by atoms with E-state index in [2.05, 4.69) is 6.07 Å². The van der Waals surface area contributed by atoms with E-state index in [0.29, 0.717) is 25.7 Å². The molecule has 1 aliphatic rings. The van der Waals surface area contributed by atoms with Gasteiger partial charge in [0.05, 0.1) is 19.8 Å². The van der Waals surface area contributed by atoms with Crippen molar-refractivity contribution in [2.45, 2.75) is 0 Å². The van der Waals surface area contributed by atoms with E-state index < -0.39 is 11.6 Å². The average molecular weight is 199 g/mol. The van der Waals surface area contributed by atoms with E-state index >= 15 is 0 Å². The van der Waals surface area contributed by atoms with Gasteiger partial charge in [-0.25, -0.2) is 8.78 Å². The third-order valence-corrected chi connectivity index (χ3v) is 2.01. The number of ether oxygens (including phenoxy) is 2. The Morgan fingerprint density at radius 2 is 2.29 bits per heavy atom. The molecule has 0 bridgehead atoms. The van der Waals surface area contributed by atoms with E-state index in [9.17, 15) is 8.78 Å². The molecule has 1 radical (unpaired) electrons. The summed E-state index contributed by atoms with van der Waals surface area (Å²) < 4.78 is 35.7. The third kappa shape index (κ3) is 2.01. The number of hydrogen-bond acceptors (Lipinski definition) is 2. The second-order valence-electron chi connectivity index (χ2n) is 3.21. The van der Waals surface area contributed by atoms with Gasteiger partial charge in [0.2, 0.25) is 0 Å². The van der Waals surface area contributed by atoms with Crippen LogP contribution in [0.2, 0.25) is 0 Å². The summed E-state index contributed by atoms with van der Waals surface area (Å²) in [5, 5.41) is 0. The van der Waals surface area contributed by atoms with Gasteiger partial charge in [-0.05, 0) is 6.07 Å². The van der Waals surface area contributed by atoms with Crippen molar-refractivity contribution >= 4 is 0 Å². The molecule has 1 fully saturated rings. The first kappa shape index (κ1) is 9.40. The van der Waals surface area contributed by atoms with Crippen LogP contribution in [0.1, 0.15) is 0 Å². The molecular formula is C10H9F2O2. The Balaban J connectivity index is 1.96. The van der Waals surface area contributed by atoms with Crippen LogP contribution in [0.15, 0.2) is 12.1 Å². The topological polar surface area (TPSA) is 18.5 Å². The van der Waals surface area contributed by atoms with Gasteiger partial charge in [0.15, 0.2) is 11.6 Å². The van der Waals surface area contributed by atoms with Crippen molar-refractivity contribution in [1.29, 1.82) is 0 Å². The zero-order valence-electron chi connectivity index (χ0n) is 7.43. The van der Waals surface area contributed by atoms with Crippen molar-refractivity contribution in [3.63, 3.8) is 0 Å². The van der Waals surface area contributed by atoms with E-state index in [-0.39, 0.29) is 5.75 Å². The van der Waals surface area contributed by atoms with Crippen LogP contribution in [0, 0.1) is 23.6 Å². The van der Waals surface area contributed by atoms with E-state index in [4.69, 9.17) is 9.47 Å². The highest BCUT2D eigenvalue weighted by Gasteiger charge is 2.19. The van der Waals surface area contributed by atoms with Crippen LogP contribution in [0.25, 0.3) is 0 Å². The van der Waals surface area contributed by atoms with E-state index in [1.54, 1.807) is 0 Å². The van der Waals surface area contributed by atoms with Crippen molar-refractivity contribution in [1.82, 2.24) is 0 Å². The lowest BCUT2D eigenvalue weighted by Crippen LogP contribution is -2.32. The minimum atomic E-state index is -0.619. The minimum absolute atomic E-state index is 0.0619. The fourth-order valence-electron chi connectivity index (χ4n) is 1.13. The van der Waals surface area contributed by atoms with Gasteiger partial charge in [-0.3, -0.25) is 0 Å². The summed E-state index contributed by atoms with van der Waals surface area (Å²) in [5.41, 5.74) is 0. The first-order valence-electron chi connectivity index (χ1n) is 4.33. The molecule has 2 rings (SSSR count). The van der Waals surface area contributed by atoms with Gasteiger partial charge in [-0.15, -0.1) is 0 Å². The van der Waals surface area contributed by atoms with Gasteiger partial charge >= 0.3 is 0 Å². The van der Waals surface area contributed by atoms with Crippen molar-refractivity contribution in [2.75, 3.05) is 19.8 Å². The van der Waals surface area contributed by atoms with Crippen LogP contribution in [0.4, 0.5) is 8.78 Å². The average Bonchev–Trinajstić information content (AvgIpc) is 2.08. The molecule has 2 nitrogen and oxygen atoms in total. The third-order valence-electron chi connectivity index (χ3n) is 2.01. The summed E-state index contributed by atoms with van der Waals surface area (Å²) in [6, 6.07) is 4.04. The van der Waals surface area contributed by atoms with Gasteiger partial charge in [0, 0.05) is 18.1 Å². The predicted octanol–water partition coefficient (Wildman–Crippen LogP) is 1.79. The number of halogens is 2. The van der Waals surface area contributed by atoms with Gasteiger partial charge in [0.1, 0.15) is 5.82 Å². The van der Waals surface area contributed by atoms with Gasteiger partial charge in [-0.2, -0.15) is 0 Å². The van der Waals surface area contributed by atoms with Crippen LogP contribution in [0.3, 0.4) is 0 Å². The summed E-state index contributed by atoms with van der Waals surface area (Å²) in [7, 11) is 0. The molecule has 0 amide bonds. The van der Waals surface area contributed by atoms with E-state index in [1.165, 1.54) is 0 Å². The smallest absolute Gasteiger partial charge is 0.165 e. The molecule has 75 valence electrons. The Bertz CT molecular complexity index is 324.